The Balaban J connectivity index is 1.48. The average molecular weight is 399 g/mol. The molecule has 29 heavy (non-hydrogen) atoms. The van der Waals surface area contributed by atoms with Crippen LogP contribution in [0.3, 0.4) is 0 Å². The zero-order chi connectivity index (χ0) is 20.8. The highest BCUT2D eigenvalue weighted by Crippen LogP contribution is 2.20. The minimum absolute atomic E-state index is 0.0578. The van der Waals surface area contributed by atoms with E-state index in [2.05, 4.69) is 41.6 Å². The first-order valence-corrected chi connectivity index (χ1v) is 10.3. The van der Waals surface area contributed by atoms with E-state index in [4.69, 9.17) is 0 Å². The van der Waals surface area contributed by atoms with Crippen molar-refractivity contribution in [3.8, 4) is 0 Å². The maximum atomic E-state index is 12.7. The SMILES string of the molecule is CC1CCCCN1C(=O)c1ccc(NC(=O)NCCc2nncn2C(C)C)cc1. The van der Waals surface area contributed by atoms with Crippen LogP contribution in [0.1, 0.15) is 62.3 Å². The largest absolute Gasteiger partial charge is 0.337 e. The molecule has 1 aliphatic rings. The number of nitrogens with zero attached hydrogens (tertiary/aromatic N) is 4. The van der Waals surface area contributed by atoms with Crippen molar-refractivity contribution in [2.75, 3.05) is 18.4 Å². The molecule has 1 saturated heterocycles. The van der Waals surface area contributed by atoms with Gasteiger partial charge in [0.05, 0.1) is 0 Å². The fourth-order valence-corrected chi connectivity index (χ4v) is 3.60. The molecule has 0 saturated carbocycles. The van der Waals surface area contributed by atoms with Crippen molar-refractivity contribution in [1.82, 2.24) is 25.0 Å². The van der Waals surface area contributed by atoms with Crippen molar-refractivity contribution in [3.63, 3.8) is 0 Å². The molecule has 1 fully saturated rings. The molecular weight excluding hydrogens is 368 g/mol. The predicted octanol–water partition coefficient (Wildman–Crippen LogP) is 3.24. The van der Waals surface area contributed by atoms with Gasteiger partial charge in [0.15, 0.2) is 0 Å². The minimum Gasteiger partial charge on any atom is -0.337 e. The Bertz CT molecular complexity index is 830. The van der Waals surface area contributed by atoms with E-state index in [0.717, 1.165) is 25.2 Å². The summed E-state index contributed by atoms with van der Waals surface area (Å²) in [5.41, 5.74) is 1.30. The monoisotopic (exact) mass is 398 g/mol. The molecule has 1 aromatic heterocycles. The summed E-state index contributed by atoms with van der Waals surface area (Å²) in [7, 11) is 0. The lowest BCUT2D eigenvalue weighted by Crippen LogP contribution is -2.42. The Morgan fingerprint density at radius 3 is 2.66 bits per heavy atom. The summed E-state index contributed by atoms with van der Waals surface area (Å²) in [6.45, 7) is 7.50. The molecule has 3 rings (SSSR count). The molecule has 1 unspecified atom stereocenters. The van der Waals surface area contributed by atoms with E-state index in [9.17, 15) is 9.59 Å². The van der Waals surface area contributed by atoms with Crippen LogP contribution >= 0.6 is 0 Å². The van der Waals surface area contributed by atoms with Crippen LogP contribution in [0.2, 0.25) is 0 Å². The molecule has 0 spiro atoms. The summed E-state index contributed by atoms with van der Waals surface area (Å²) < 4.78 is 1.98. The van der Waals surface area contributed by atoms with Gasteiger partial charge < -0.3 is 20.1 Å². The van der Waals surface area contributed by atoms with Gasteiger partial charge in [-0.25, -0.2) is 4.79 Å². The van der Waals surface area contributed by atoms with Crippen LogP contribution in [0.25, 0.3) is 0 Å². The molecule has 8 nitrogen and oxygen atoms in total. The number of piperidine rings is 1. The third kappa shape index (κ3) is 5.34. The Labute approximate surface area is 171 Å². The third-order valence-electron chi connectivity index (χ3n) is 5.29. The smallest absolute Gasteiger partial charge is 0.319 e. The topological polar surface area (TPSA) is 92.2 Å². The second-order valence-corrected chi connectivity index (χ2v) is 7.80. The van der Waals surface area contributed by atoms with Gasteiger partial charge in [0, 0.05) is 42.8 Å². The van der Waals surface area contributed by atoms with E-state index < -0.39 is 0 Å². The van der Waals surface area contributed by atoms with E-state index in [-0.39, 0.29) is 24.0 Å². The molecule has 156 valence electrons. The zero-order valence-corrected chi connectivity index (χ0v) is 17.4. The van der Waals surface area contributed by atoms with Crippen LogP contribution in [-0.4, -0.2) is 50.7 Å². The number of hydrogen-bond acceptors (Lipinski definition) is 4. The number of nitrogens with one attached hydrogen (secondary N) is 2. The Hall–Kier alpha value is -2.90. The number of likely N-dealkylation sites (tertiary alicyclic amines) is 1. The number of hydrogen-bond donors (Lipinski definition) is 2. The van der Waals surface area contributed by atoms with Crippen LogP contribution in [0, 0.1) is 0 Å². The quantitative estimate of drug-likeness (QED) is 0.781. The third-order valence-corrected chi connectivity index (χ3v) is 5.29. The number of amides is 3. The summed E-state index contributed by atoms with van der Waals surface area (Å²) in [5.74, 6) is 0.901. The number of anilines is 1. The summed E-state index contributed by atoms with van der Waals surface area (Å²) in [5, 5.41) is 13.6. The second kappa shape index (κ2) is 9.54. The highest BCUT2D eigenvalue weighted by atomic mass is 16.2. The molecule has 3 amide bonds. The van der Waals surface area contributed by atoms with Crippen LogP contribution < -0.4 is 10.6 Å². The normalized spacial score (nSPS) is 16.7. The highest BCUT2D eigenvalue weighted by molar-refractivity contribution is 5.95. The molecule has 0 bridgehead atoms. The maximum Gasteiger partial charge on any atom is 0.319 e. The minimum atomic E-state index is -0.288. The lowest BCUT2D eigenvalue weighted by molar-refractivity contribution is 0.0635. The van der Waals surface area contributed by atoms with E-state index >= 15 is 0 Å². The number of carbonyl (C=O) groups excluding carboxylic acids is 2. The van der Waals surface area contributed by atoms with Gasteiger partial charge in [0.1, 0.15) is 12.2 Å². The molecule has 0 aliphatic carbocycles. The van der Waals surface area contributed by atoms with Gasteiger partial charge in [0.2, 0.25) is 0 Å². The molecule has 2 heterocycles. The van der Waals surface area contributed by atoms with Gasteiger partial charge in [-0.05, 0) is 64.3 Å². The molecule has 8 heteroatoms. The van der Waals surface area contributed by atoms with Crippen molar-refractivity contribution in [2.24, 2.45) is 0 Å². The number of aromatic nitrogens is 3. The Kier molecular flexibility index (Phi) is 6.85. The van der Waals surface area contributed by atoms with Crippen molar-refractivity contribution >= 4 is 17.6 Å². The summed E-state index contributed by atoms with van der Waals surface area (Å²) in [6.07, 6.45) is 5.60. The van der Waals surface area contributed by atoms with Crippen LogP contribution in [0.4, 0.5) is 10.5 Å². The van der Waals surface area contributed by atoms with Crippen molar-refractivity contribution in [2.45, 2.75) is 58.5 Å². The van der Waals surface area contributed by atoms with Crippen molar-refractivity contribution < 1.29 is 9.59 Å². The van der Waals surface area contributed by atoms with Gasteiger partial charge in [-0.15, -0.1) is 10.2 Å². The van der Waals surface area contributed by atoms with Crippen LogP contribution in [0.5, 0.6) is 0 Å². The molecule has 2 aromatic rings. The standard InChI is InChI=1S/C21H30N6O2/c1-15(2)27-14-23-25-19(27)11-12-22-21(29)24-18-9-7-17(8-10-18)20(28)26-13-5-4-6-16(26)3/h7-10,14-16H,4-6,11-13H2,1-3H3,(H2,22,24,29). The van der Waals surface area contributed by atoms with Gasteiger partial charge >= 0.3 is 6.03 Å². The number of rotatable bonds is 6. The van der Waals surface area contributed by atoms with Crippen molar-refractivity contribution in [1.29, 1.82) is 0 Å². The molecule has 2 N–H and O–H groups in total. The molecule has 1 aromatic carbocycles. The lowest BCUT2D eigenvalue weighted by Gasteiger charge is -2.33. The highest BCUT2D eigenvalue weighted by Gasteiger charge is 2.24. The van der Waals surface area contributed by atoms with E-state index in [1.807, 2.05) is 9.47 Å². The predicted molar refractivity (Wildman–Crippen MR) is 112 cm³/mol. The van der Waals surface area contributed by atoms with E-state index in [1.165, 1.54) is 6.42 Å². The van der Waals surface area contributed by atoms with Gasteiger partial charge in [0.25, 0.3) is 5.91 Å². The van der Waals surface area contributed by atoms with Gasteiger partial charge in [-0.1, -0.05) is 0 Å². The summed E-state index contributed by atoms with van der Waals surface area (Å²) in [4.78, 5) is 26.8. The first kappa shape index (κ1) is 20.8. The second-order valence-electron chi connectivity index (χ2n) is 7.80. The summed E-state index contributed by atoms with van der Waals surface area (Å²) >= 11 is 0. The molecule has 0 radical (unpaired) electrons. The average Bonchev–Trinajstić information content (AvgIpc) is 3.17. The first-order valence-electron chi connectivity index (χ1n) is 10.3. The zero-order valence-electron chi connectivity index (χ0n) is 17.4. The van der Waals surface area contributed by atoms with Crippen molar-refractivity contribution in [3.05, 3.63) is 42.0 Å². The maximum absolute atomic E-state index is 12.7. The van der Waals surface area contributed by atoms with Gasteiger partial charge in [-0.3, -0.25) is 4.79 Å². The lowest BCUT2D eigenvalue weighted by atomic mass is 10.0. The first-order chi connectivity index (χ1) is 14.0. The van der Waals surface area contributed by atoms with Crippen LogP contribution in [0.15, 0.2) is 30.6 Å². The summed E-state index contributed by atoms with van der Waals surface area (Å²) in [6, 6.07) is 7.33. The number of urea groups is 1. The number of benzene rings is 1. The fourth-order valence-electron chi connectivity index (χ4n) is 3.60. The fraction of sp³-hybridized carbons (Fsp3) is 0.524. The van der Waals surface area contributed by atoms with Gasteiger partial charge in [-0.2, -0.15) is 0 Å². The molecular formula is C21H30N6O2. The number of carbonyl (C=O) groups is 2. The Morgan fingerprint density at radius 1 is 1.21 bits per heavy atom. The molecule has 1 atom stereocenters. The van der Waals surface area contributed by atoms with Crippen LogP contribution in [-0.2, 0) is 6.42 Å². The molecule has 1 aliphatic heterocycles. The Morgan fingerprint density at radius 2 is 1.97 bits per heavy atom. The van der Waals surface area contributed by atoms with E-state index in [1.54, 1.807) is 30.6 Å². The van der Waals surface area contributed by atoms with E-state index in [0.29, 0.717) is 24.2 Å².